The molecule has 26 heavy (non-hydrogen) atoms. The Hall–Kier alpha value is -1.88. The van der Waals surface area contributed by atoms with Crippen LogP contribution in [0.25, 0.3) is 21.7 Å². The molecule has 0 aliphatic carbocycles. The molecular formula is C20H23Cl2N3O. The molecule has 0 radical (unpaired) electrons. The average Bonchev–Trinajstić information content (AvgIpc) is 3.01. The average molecular weight is 392 g/mol. The number of fused-ring (bicyclic) bond motifs is 3. The standard InChI is InChI=1S/C20H21N3O.2ClH/c1-13-9-14(11-21)12-23(13)20(24)18-10-15-5-2-3-6-16(15)17-7-4-8-22-19(17)18;;/h2-8,10,13-14H,9,11-12,21H2,1H3;2*1H. The fourth-order valence-corrected chi connectivity index (χ4v) is 3.84. The lowest BCUT2D eigenvalue weighted by Crippen LogP contribution is -2.34. The van der Waals surface area contributed by atoms with Gasteiger partial charge >= 0.3 is 0 Å². The Morgan fingerprint density at radius 2 is 1.92 bits per heavy atom. The van der Waals surface area contributed by atoms with Crippen molar-refractivity contribution in [2.75, 3.05) is 13.1 Å². The first-order valence-electron chi connectivity index (χ1n) is 8.46. The number of halogens is 2. The van der Waals surface area contributed by atoms with Crippen LogP contribution in [0.3, 0.4) is 0 Å². The van der Waals surface area contributed by atoms with Crippen LogP contribution in [0.15, 0.2) is 48.7 Å². The van der Waals surface area contributed by atoms with Gasteiger partial charge in [0.15, 0.2) is 0 Å². The third kappa shape index (κ3) is 3.37. The maximum Gasteiger partial charge on any atom is 0.256 e. The molecule has 1 aliphatic heterocycles. The maximum absolute atomic E-state index is 13.2. The lowest BCUT2D eigenvalue weighted by molar-refractivity contribution is 0.0745. The third-order valence-electron chi connectivity index (χ3n) is 5.10. The molecule has 4 rings (SSSR count). The first kappa shape index (κ1) is 20.4. The number of hydrogen-bond donors (Lipinski definition) is 1. The number of aromatic nitrogens is 1. The maximum atomic E-state index is 13.2. The highest BCUT2D eigenvalue weighted by Crippen LogP contribution is 2.30. The molecule has 3 aromatic rings. The van der Waals surface area contributed by atoms with E-state index in [-0.39, 0.29) is 36.8 Å². The highest BCUT2D eigenvalue weighted by Gasteiger charge is 2.33. The van der Waals surface area contributed by atoms with E-state index in [1.807, 2.05) is 35.2 Å². The Balaban J connectivity index is 0.00000121. The summed E-state index contributed by atoms with van der Waals surface area (Å²) in [6.45, 7) is 3.46. The summed E-state index contributed by atoms with van der Waals surface area (Å²) < 4.78 is 0. The predicted octanol–water partition coefficient (Wildman–Crippen LogP) is 4.04. The summed E-state index contributed by atoms with van der Waals surface area (Å²) >= 11 is 0. The van der Waals surface area contributed by atoms with E-state index >= 15 is 0 Å². The molecule has 0 saturated carbocycles. The summed E-state index contributed by atoms with van der Waals surface area (Å²) in [4.78, 5) is 19.7. The summed E-state index contributed by atoms with van der Waals surface area (Å²) in [7, 11) is 0. The second-order valence-electron chi connectivity index (χ2n) is 6.69. The van der Waals surface area contributed by atoms with Crippen LogP contribution in [0.5, 0.6) is 0 Å². The normalized spacial score (nSPS) is 19.2. The Morgan fingerprint density at radius 3 is 2.65 bits per heavy atom. The third-order valence-corrected chi connectivity index (χ3v) is 5.10. The van der Waals surface area contributed by atoms with Gasteiger partial charge in [0.2, 0.25) is 0 Å². The number of hydrogen-bond acceptors (Lipinski definition) is 3. The summed E-state index contributed by atoms with van der Waals surface area (Å²) in [6, 6.07) is 14.3. The zero-order valence-corrected chi connectivity index (χ0v) is 16.2. The van der Waals surface area contributed by atoms with Gasteiger partial charge in [-0.25, -0.2) is 0 Å². The van der Waals surface area contributed by atoms with Crippen molar-refractivity contribution in [3.8, 4) is 0 Å². The van der Waals surface area contributed by atoms with E-state index in [4.69, 9.17) is 5.73 Å². The Morgan fingerprint density at radius 1 is 1.19 bits per heavy atom. The molecule has 2 heterocycles. The molecule has 138 valence electrons. The van der Waals surface area contributed by atoms with Crippen LogP contribution in [-0.4, -0.2) is 34.9 Å². The van der Waals surface area contributed by atoms with E-state index in [0.29, 0.717) is 18.0 Å². The van der Waals surface area contributed by atoms with Gasteiger partial charge in [-0.05, 0) is 48.7 Å². The van der Waals surface area contributed by atoms with Crippen molar-refractivity contribution in [3.05, 3.63) is 54.2 Å². The minimum atomic E-state index is 0. The van der Waals surface area contributed by atoms with Crippen LogP contribution in [0, 0.1) is 5.92 Å². The Kier molecular flexibility index (Phi) is 6.45. The number of carbonyl (C=O) groups is 1. The number of carbonyl (C=O) groups excluding carboxylic acids is 1. The molecule has 6 heteroatoms. The van der Waals surface area contributed by atoms with Crippen LogP contribution in [0.1, 0.15) is 23.7 Å². The van der Waals surface area contributed by atoms with Gasteiger partial charge in [-0.1, -0.05) is 30.3 Å². The molecule has 2 unspecified atom stereocenters. The second kappa shape index (κ2) is 8.21. The zero-order valence-electron chi connectivity index (χ0n) is 14.6. The van der Waals surface area contributed by atoms with Gasteiger partial charge in [-0.3, -0.25) is 9.78 Å². The minimum absolute atomic E-state index is 0. The van der Waals surface area contributed by atoms with E-state index in [1.165, 1.54) is 0 Å². The van der Waals surface area contributed by atoms with Crippen molar-refractivity contribution in [3.63, 3.8) is 0 Å². The lowest BCUT2D eigenvalue weighted by atomic mass is 10.00. The molecule has 1 saturated heterocycles. The zero-order chi connectivity index (χ0) is 16.7. The molecule has 1 aromatic heterocycles. The summed E-state index contributed by atoms with van der Waals surface area (Å²) in [5.74, 6) is 0.455. The van der Waals surface area contributed by atoms with Crippen molar-refractivity contribution in [1.29, 1.82) is 0 Å². The fraction of sp³-hybridized carbons (Fsp3) is 0.300. The van der Waals surface area contributed by atoms with Gasteiger partial charge in [0.25, 0.3) is 5.91 Å². The predicted molar refractivity (Wildman–Crippen MR) is 111 cm³/mol. The quantitative estimate of drug-likeness (QED) is 0.670. The second-order valence-corrected chi connectivity index (χ2v) is 6.69. The molecule has 2 atom stereocenters. The Bertz CT molecular complexity index is 931. The molecule has 0 spiro atoms. The van der Waals surface area contributed by atoms with Gasteiger partial charge in [0, 0.05) is 24.2 Å². The van der Waals surface area contributed by atoms with Gasteiger partial charge in [-0.15, -0.1) is 24.8 Å². The van der Waals surface area contributed by atoms with E-state index in [2.05, 4.69) is 24.0 Å². The van der Waals surface area contributed by atoms with Crippen LogP contribution >= 0.6 is 24.8 Å². The molecule has 2 N–H and O–H groups in total. The number of rotatable bonds is 2. The molecule has 2 aromatic carbocycles. The number of likely N-dealkylation sites (tertiary alicyclic amines) is 1. The summed E-state index contributed by atoms with van der Waals surface area (Å²) in [5, 5.41) is 3.23. The van der Waals surface area contributed by atoms with Crippen LogP contribution in [0.2, 0.25) is 0 Å². The number of nitrogens with zero attached hydrogens (tertiary/aromatic N) is 2. The van der Waals surface area contributed by atoms with E-state index in [0.717, 1.165) is 34.6 Å². The van der Waals surface area contributed by atoms with Crippen LogP contribution < -0.4 is 5.73 Å². The van der Waals surface area contributed by atoms with E-state index in [1.54, 1.807) is 6.20 Å². The van der Waals surface area contributed by atoms with Gasteiger partial charge in [-0.2, -0.15) is 0 Å². The van der Waals surface area contributed by atoms with Gasteiger partial charge in [0.1, 0.15) is 0 Å². The van der Waals surface area contributed by atoms with Gasteiger partial charge in [0.05, 0.1) is 11.1 Å². The summed E-state index contributed by atoms with van der Waals surface area (Å²) in [6.07, 6.45) is 2.73. The number of pyridine rings is 1. The minimum Gasteiger partial charge on any atom is -0.336 e. The van der Waals surface area contributed by atoms with Crippen molar-refractivity contribution in [2.45, 2.75) is 19.4 Å². The molecule has 0 bridgehead atoms. The first-order chi connectivity index (χ1) is 11.7. The smallest absolute Gasteiger partial charge is 0.256 e. The molecule has 1 aliphatic rings. The number of benzene rings is 2. The fourth-order valence-electron chi connectivity index (χ4n) is 3.84. The van der Waals surface area contributed by atoms with Crippen LogP contribution in [0.4, 0.5) is 0 Å². The SMILES string of the molecule is CC1CC(CN)CN1C(=O)c1cc2ccccc2c2cccnc12.Cl.Cl. The topological polar surface area (TPSA) is 59.2 Å². The molecular weight excluding hydrogens is 369 g/mol. The monoisotopic (exact) mass is 391 g/mol. The molecule has 1 fully saturated rings. The van der Waals surface area contributed by atoms with Gasteiger partial charge < -0.3 is 10.6 Å². The van der Waals surface area contributed by atoms with Crippen molar-refractivity contribution < 1.29 is 4.79 Å². The first-order valence-corrected chi connectivity index (χ1v) is 8.46. The number of nitrogens with two attached hydrogens (primary N) is 1. The van der Waals surface area contributed by atoms with E-state index in [9.17, 15) is 4.79 Å². The van der Waals surface area contributed by atoms with E-state index < -0.39 is 0 Å². The van der Waals surface area contributed by atoms with Crippen molar-refractivity contribution in [2.24, 2.45) is 11.7 Å². The lowest BCUT2D eigenvalue weighted by Gasteiger charge is -2.22. The van der Waals surface area contributed by atoms with Crippen molar-refractivity contribution in [1.82, 2.24) is 9.88 Å². The number of amides is 1. The van der Waals surface area contributed by atoms with Crippen molar-refractivity contribution >= 4 is 52.4 Å². The molecule has 4 nitrogen and oxygen atoms in total. The molecule has 1 amide bonds. The van der Waals surface area contributed by atoms with Crippen LogP contribution in [-0.2, 0) is 0 Å². The summed E-state index contributed by atoms with van der Waals surface area (Å²) in [5.41, 5.74) is 7.28. The Labute approximate surface area is 165 Å². The largest absolute Gasteiger partial charge is 0.336 e. The highest BCUT2D eigenvalue weighted by atomic mass is 35.5. The highest BCUT2D eigenvalue weighted by molar-refractivity contribution is 6.15.